The zero-order chi connectivity index (χ0) is 14.0. The molecule has 5 rings (SSSR count). The molecule has 0 unspecified atom stereocenters. The van der Waals surface area contributed by atoms with Crippen LogP contribution in [0.15, 0.2) is 48.5 Å². The summed E-state index contributed by atoms with van der Waals surface area (Å²) in [6.07, 6.45) is 2.04. The molecule has 0 aromatic heterocycles. The molecule has 0 atom stereocenters. The van der Waals surface area contributed by atoms with Crippen molar-refractivity contribution in [3.05, 3.63) is 59.7 Å². The van der Waals surface area contributed by atoms with Crippen molar-refractivity contribution in [3.8, 4) is 22.5 Å². The molecule has 3 aliphatic carbocycles. The van der Waals surface area contributed by atoms with Crippen LogP contribution in [0.5, 0.6) is 0 Å². The van der Waals surface area contributed by atoms with Crippen molar-refractivity contribution < 1.29 is 4.79 Å². The first-order valence-corrected chi connectivity index (χ1v) is 7.31. The van der Waals surface area contributed by atoms with Gasteiger partial charge in [-0.05, 0) is 36.1 Å². The molecule has 1 fully saturated rings. The number of benzene rings is 1. The van der Waals surface area contributed by atoms with Gasteiger partial charge < -0.3 is 10.3 Å². The maximum absolute atomic E-state index is 12.6. The van der Waals surface area contributed by atoms with Gasteiger partial charge in [0.2, 0.25) is 0 Å². The van der Waals surface area contributed by atoms with Gasteiger partial charge in [0.15, 0.2) is 0 Å². The molecular formula is C18H14N2O. The van der Waals surface area contributed by atoms with Gasteiger partial charge >= 0.3 is 0 Å². The number of amides is 1. The zero-order valence-corrected chi connectivity index (χ0v) is 11.4. The quantitative estimate of drug-likeness (QED) is 0.590. The maximum Gasteiger partial charge on any atom is 0.252 e. The van der Waals surface area contributed by atoms with Gasteiger partial charge in [0.05, 0.1) is 16.9 Å². The highest BCUT2D eigenvalue weighted by Crippen LogP contribution is 2.48. The monoisotopic (exact) mass is 274 g/mol. The number of H-pyrrole nitrogens is 1. The van der Waals surface area contributed by atoms with Crippen molar-refractivity contribution in [2.75, 3.05) is 0 Å². The second-order valence-electron chi connectivity index (χ2n) is 6.03. The Balaban J connectivity index is 1.46. The van der Waals surface area contributed by atoms with Crippen LogP contribution in [-0.2, 0) is 5.54 Å². The zero-order valence-electron chi connectivity index (χ0n) is 11.4. The first-order chi connectivity index (χ1) is 10.3. The lowest BCUT2D eigenvalue weighted by Gasteiger charge is -2.18. The van der Waals surface area contributed by atoms with Crippen molar-refractivity contribution in [2.24, 2.45) is 0 Å². The van der Waals surface area contributed by atoms with E-state index < -0.39 is 0 Å². The van der Waals surface area contributed by atoms with E-state index in [1.165, 1.54) is 22.5 Å². The minimum atomic E-state index is -0.150. The molecule has 1 amide bonds. The Morgan fingerprint density at radius 1 is 1.05 bits per heavy atom. The lowest BCUT2D eigenvalue weighted by Crippen LogP contribution is -2.34. The smallest absolute Gasteiger partial charge is 0.252 e. The van der Waals surface area contributed by atoms with Crippen LogP contribution in [0.4, 0.5) is 0 Å². The summed E-state index contributed by atoms with van der Waals surface area (Å²) >= 11 is 0. The summed E-state index contributed by atoms with van der Waals surface area (Å²) < 4.78 is 0. The van der Waals surface area contributed by atoms with Crippen molar-refractivity contribution >= 4 is 5.91 Å². The van der Waals surface area contributed by atoms with E-state index in [2.05, 4.69) is 28.5 Å². The van der Waals surface area contributed by atoms with Gasteiger partial charge in [-0.1, -0.05) is 36.4 Å². The van der Waals surface area contributed by atoms with Gasteiger partial charge in [0, 0.05) is 11.1 Å². The Morgan fingerprint density at radius 2 is 1.86 bits per heavy atom. The number of rotatable bonds is 3. The van der Waals surface area contributed by atoms with E-state index in [-0.39, 0.29) is 11.4 Å². The number of pyridine rings is 1. The largest absolute Gasteiger partial charge is 0.352 e. The fourth-order valence-electron chi connectivity index (χ4n) is 3.28. The van der Waals surface area contributed by atoms with Crippen molar-refractivity contribution in [2.45, 2.75) is 18.4 Å². The molecule has 3 heteroatoms. The molecule has 1 aromatic carbocycles. The van der Waals surface area contributed by atoms with Crippen molar-refractivity contribution in [1.82, 2.24) is 10.3 Å². The molecule has 1 heterocycles. The van der Waals surface area contributed by atoms with Crippen molar-refractivity contribution in [3.63, 3.8) is 0 Å². The molecule has 21 heavy (non-hydrogen) atoms. The number of aromatic amines is 1. The van der Waals surface area contributed by atoms with Gasteiger partial charge in [-0.3, -0.25) is 4.79 Å². The Labute approximate surface area is 122 Å². The topological polar surface area (TPSA) is 44.9 Å². The minimum absolute atomic E-state index is 0.0383. The molecule has 1 aromatic rings. The van der Waals surface area contributed by atoms with E-state index in [9.17, 15) is 4.79 Å². The number of nitrogens with one attached hydrogen (secondary N) is 2. The Kier molecular flexibility index (Phi) is 1.89. The first-order valence-electron chi connectivity index (χ1n) is 7.31. The lowest BCUT2D eigenvalue weighted by molar-refractivity contribution is 0.0932. The molecule has 4 aliphatic rings. The summed E-state index contributed by atoms with van der Waals surface area (Å²) in [5.74, 6) is 0.0383. The maximum atomic E-state index is 12.6. The Morgan fingerprint density at radius 3 is 2.62 bits per heavy atom. The number of aromatic nitrogens is 1. The third-order valence-electron chi connectivity index (χ3n) is 4.70. The van der Waals surface area contributed by atoms with Crippen LogP contribution in [0.3, 0.4) is 0 Å². The predicted octanol–water partition coefficient (Wildman–Crippen LogP) is 3.52. The van der Waals surface area contributed by atoms with Crippen LogP contribution in [0.2, 0.25) is 0 Å². The van der Waals surface area contributed by atoms with Crippen LogP contribution >= 0.6 is 0 Å². The molecule has 2 N–H and O–H groups in total. The van der Waals surface area contributed by atoms with E-state index in [4.69, 9.17) is 0 Å². The third-order valence-corrected chi connectivity index (χ3v) is 4.70. The van der Waals surface area contributed by atoms with E-state index in [0.29, 0.717) is 0 Å². The van der Waals surface area contributed by atoms with E-state index in [1.807, 2.05) is 30.3 Å². The van der Waals surface area contributed by atoms with E-state index in [0.717, 1.165) is 24.0 Å². The number of hydrogen-bond donors (Lipinski definition) is 2. The van der Waals surface area contributed by atoms with E-state index in [1.54, 1.807) is 0 Å². The minimum Gasteiger partial charge on any atom is -0.352 e. The second kappa shape index (κ2) is 3.55. The predicted molar refractivity (Wildman–Crippen MR) is 81.2 cm³/mol. The normalized spacial score (nSPS) is 16.8. The van der Waals surface area contributed by atoms with Gasteiger partial charge in [0.1, 0.15) is 0 Å². The van der Waals surface area contributed by atoms with Crippen LogP contribution in [-0.4, -0.2) is 10.9 Å². The highest BCUT2D eigenvalue weighted by molar-refractivity contribution is 6.08. The van der Waals surface area contributed by atoms with Crippen LogP contribution < -0.4 is 5.32 Å². The SMILES string of the molecule is O=C(NC1(c2ccccc2)CC1)c1ccc2c3[nH]c-3cc1-2. The number of fused-ring (bicyclic) bond motifs is 3. The van der Waals surface area contributed by atoms with Crippen molar-refractivity contribution in [1.29, 1.82) is 0 Å². The lowest BCUT2D eigenvalue weighted by atomic mass is 10.0. The second-order valence-corrected chi connectivity index (χ2v) is 6.03. The van der Waals surface area contributed by atoms with E-state index >= 15 is 0 Å². The fraction of sp³-hybridized carbons (Fsp3) is 0.167. The highest BCUT2D eigenvalue weighted by atomic mass is 16.1. The van der Waals surface area contributed by atoms with Gasteiger partial charge in [-0.2, -0.15) is 0 Å². The average molecular weight is 274 g/mol. The fourth-order valence-corrected chi connectivity index (χ4v) is 3.28. The first kappa shape index (κ1) is 11.1. The summed E-state index contributed by atoms with van der Waals surface area (Å²) in [4.78, 5) is 15.9. The van der Waals surface area contributed by atoms with Gasteiger partial charge in [-0.15, -0.1) is 0 Å². The summed E-state index contributed by atoms with van der Waals surface area (Å²) in [7, 11) is 0. The summed E-state index contributed by atoms with van der Waals surface area (Å²) in [6.45, 7) is 0. The molecule has 0 radical (unpaired) electrons. The highest BCUT2D eigenvalue weighted by Gasteiger charge is 2.46. The van der Waals surface area contributed by atoms with Gasteiger partial charge in [0.25, 0.3) is 5.91 Å². The van der Waals surface area contributed by atoms with Crippen LogP contribution in [0, 0.1) is 0 Å². The average Bonchev–Trinajstić information content (AvgIpc) is 3.38. The Bertz CT molecular complexity index is 843. The molecule has 0 bridgehead atoms. The Hall–Kier alpha value is -2.55. The molecule has 0 spiro atoms. The number of carbonyl (C=O) groups excluding carboxylic acids is 1. The summed E-state index contributed by atoms with van der Waals surface area (Å²) in [5, 5.41) is 3.25. The summed E-state index contributed by atoms with van der Waals surface area (Å²) in [5.41, 5.74) is 6.44. The van der Waals surface area contributed by atoms with Gasteiger partial charge in [-0.25, -0.2) is 0 Å². The standard InChI is InChI=1S/C18H14N2O/c21-17(13-7-6-12-14(13)10-15-16(12)19-15)20-18(8-9-18)11-4-2-1-3-5-11/h1-7,10,19H,8-9H2,(H,20,21). The molecular weight excluding hydrogens is 260 g/mol. The summed E-state index contributed by atoms with van der Waals surface area (Å²) in [6, 6.07) is 16.3. The molecule has 1 saturated carbocycles. The third kappa shape index (κ3) is 1.51. The number of hydrogen-bond acceptors (Lipinski definition) is 1. The van der Waals surface area contributed by atoms with Crippen LogP contribution in [0.25, 0.3) is 22.5 Å². The molecule has 3 nitrogen and oxygen atoms in total. The molecule has 1 aliphatic heterocycles. The molecule has 102 valence electrons. The number of carbonyl (C=O) groups is 1. The molecule has 0 saturated heterocycles. The van der Waals surface area contributed by atoms with Crippen LogP contribution in [0.1, 0.15) is 28.8 Å².